The first-order valence-electron chi connectivity index (χ1n) is 7.83. The molecule has 2 atom stereocenters. The fourth-order valence-corrected chi connectivity index (χ4v) is 2.84. The molecule has 0 radical (unpaired) electrons. The first-order chi connectivity index (χ1) is 10.5. The third kappa shape index (κ3) is 4.06. The summed E-state index contributed by atoms with van der Waals surface area (Å²) in [5.41, 5.74) is 0.843. The smallest absolute Gasteiger partial charge is 0.225 e. The second-order valence-electron chi connectivity index (χ2n) is 5.93. The lowest BCUT2D eigenvalue weighted by molar-refractivity contribution is -0.130. The summed E-state index contributed by atoms with van der Waals surface area (Å²) in [4.78, 5) is 26.0. The molecule has 5 heteroatoms. The van der Waals surface area contributed by atoms with Gasteiger partial charge in [0, 0.05) is 25.6 Å². The molecule has 4 nitrogen and oxygen atoms in total. The van der Waals surface area contributed by atoms with Gasteiger partial charge in [-0.15, -0.1) is 0 Å². The Morgan fingerprint density at radius 1 is 1.41 bits per heavy atom. The van der Waals surface area contributed by atoms with Gasteiger partial charge in [-0.1, -0.05) is 25.5 Å². The molecule has 0 aliphatic carbocycles. The van der Waals surface area contributed by atoms with Gasteiger partial charge in [0.2, 0.25) is 11.8 Å². The maximum atomic E-state index is 12.8. The maximum Gasteiger partial charge on any atom is 0.225 e. The minimum absolute atomic E-state index is 0.0582. The molecule has 1 fully saturated rings. The van der Waals surface area contributed by atoms with Crippen molar-refractivity contribution >= 4 is 11.8 Å². The van der Waals surface area contributed by atoms with Gasteiger partial charge in [0.05, 0.1) is 5.92 Å². The highest BCUT2D eigenvalue weighted by molar-refractivity contribution is 5.89. The standard InChI is InChI=1S/C17H23FN2O2/c1-3-4-12(2)20-11-14(9-16(20)21)17(22)19-10-13-5-7-15(18)8-6-13/h5-8,12,14H,3-4,9-11H2,1-2H3,(H,19,22)/t12-,14+/m0/s1. The van der Waals surface area contributed by atoms with Crippen LogP contribution in [0.25, 0.3) is 0 Å². The number of amides is 2. The average Bonchev–Trinajstić information content (AvgIpc) is 2.89. The number of carbonyl (C=O) groups excluding carboxylic acids is 2. The molecule has 1 aromatic carbocycles. The van der Waals surface area contributed by atoms with Crippen molar-refractivity contribution in [1.29, 1.82) is 0 Å². The lowest BCUT2D eigenvalue weighted by atomic mass is 10.1. The summed E-state index contributed by atoms with van der Waals surface area (Å²) < 4.78 is 12.8. The van der Waals surface area contributed by atoms with Gasteiger partial charge in [0.25, 0.3) is 0 Å². The van der Waals surface area contributed by atoms with Crippen LogP contribution in [0.4, 0.5) is 4.39 Å². The highest BCUT2D eigenvalue weighted by Gasteiger charge is 2.36. The van der Waals surface area contributed by atoms with Crippen molar-refractivity contribution in [1.82, 2.24) is 10.2 Å². The number of nitrogens with one attached hydrogen (secondary N) is 1. The lowest BCUT2D eigenvalue weighted by Gasteiger charge is -2.24. The molecular weight excluding hydrogens is 283 g/mol. The molecule has 0 bridgehead atoms. The van der Waals surface area contributed by atoms with E-state index in [9.17, 15) is 14.0 Å². The number of halogens is 1. The molecule has 1 aliphatic heterocycles. The van der Waals surface area contributed by atoms with E-state index in [1.54, 1.807) is 12.1 Å². The topological polar surface area (TPSA) is 49.4 Å². The number of hydrogen-bond acceptors (Lipinski definition) is 2. The van der Waals surface area contributed by atoms with Crippen LogP contribution in [-0.4, -0.2) is 29.3 Å². The van der Waals surface area contributed by atoms with Crippen LogP contribution < -0.4 is 5.32 Å². The van der Waals surface area contributed by atoms with E-state index in [4.69, 9.17) is 0 Å². The minimum Gasteiger partial charge on any atom is -0.352 e. The van der Waals surface area contributed by atoms with Gasteiger partial charge < -0.3 is 10.2 Å². The van der Waals surface area contributed by atoms with E-state index in [0.29, 0.717) is 13.1 Å². The van der Waals surface area contributed by atoms with Crippen LogP contribution in [0.15, 0.2) is 24.3 Å². The van der Waals surface area contributed by atoms with E-state index in [1.807, 2.05) is 11.8 Å². The molecule has 0 spiro atoms. The molecule has 0 unspecified atom stereocenters. The van der Waals surface area contributed by atoms with Gasteiger partial charge >= 0.3 is 0 Å². The van der Waals surface area contributed by atoms with Crippen molar-refractivity contribution in [2.45, 2.75) is 45.7 Å². The van der Waals surface area contributed by atoms with Gasteiger partial charge in [0.1, 0.15) is 5.82 Å². The van der Waals surface area contributed by atoms with E-state index >= 15 is 0 Å². The number of carbonyl (C=O) groups is 2. The first-order valence-corrected chi connectivity index (χ1v) is 7.83. The Kier molecular flexibility index (Phi) is 5.52. The highest BCUT2D eigenvalue weighted by Crippen LogP contribution is 2.22. The molecule has 1 aliphatic rings. The molecule has 22 heavy (non-hydrogen) atoms. The number of hydrogen-bond donors (Lipinski definition) is 1. The zero-order valence-electron chi connectivity index (χ0n) is 13.1. The summed E-state index contributed by atoms with van der Waals surface area (Å²) in [6.07, 6.45) is 2.26. The number of rotatable bonds is 6. The molecule has 1 heterocycles. The minimum atomic E-state index is -0.294. The molecule has 2 amide bonds. The summed E-state index contributed by atoms with van der Waals surface area (Å²) in [6.45, 7) is 4.97. The highest BCUT2D eigenvalue weighted by atomic mass is 19.1. The Hall–Kier alpha value is -1.91. The van der Waals surface area contributed by atoms with Crippen LogP contribution in [0.2, 0.25) is 0 Å². The SMILES string of the molecule is CCC[C@H](C)N1C[C@H](C(=O)NCc2ccc(F)cc2)CC1=O. The zero-order chi connectivity index (χ0) is 16.1. The Morgan fingerprint density at radius 3 is 2.73 bits per heavy atom. The van der Waals surface area contributed by atoms with Crippen molar-refractivity contribution in [2.24, 2.45) is 5.92 Å². The fourth-order valence-electron chi connectivity index (χ4n) is 2.84. The van der Waals surface area contributed by atoms with Crippen molar-refractivity contribution in [2.75, 3.05) is 6.54 Å². The van der Waals surface area contributed by atoms with Crippen molar-refractivity contribution in [3.05, 3.63) is 35.6 Å². The van der Waals surface area contributed by atoms with Gasteiger partial charge in [-0.25, -0.2) is 4.39 Å². The van der Waals surface area contributed by atoms with Crippen molar-refractivity contribution < 1.29 is 14.0 Å². The number of benzene rings is 1. The third-order valence-electron chi connectivity index (χ3n) is 4.15. The first kappa shape index (κ1) is 16.5. The van der Waals surface area contributed by atoms with Crippen LogP contribution in [0.3, 0.4) is 0 Å². The molecule has 0 aromatic heterocycles. The Labute approximate surface area is 130 Å². The van der Waals surface area contributed by atoms with E-state index in [2.05, 4.69) is 12.2 Å². The van der Waals surface area contributed by atoms with Gasteiger partial charge in [-0.05, 0) is 31.0 Å². The quantitative estimate of drug-likeness (QED) is 0.878. The molecule has 1 saturated heterocycles. The summed E-state index contributed by atoms with van der Waals surface area (Å²) in [5, 5.41) is 2.83. The number of likely N-dealkylation sites (tertiary alicyclic amines) is 1. The zero-order valence-corrected chi connectivity index (χ0v) is 13.1. The second-order valence-corrected chi connectivity index (χ2v) is 5.93. The Balaban J connectivity index is 1.85. The summed E-state index contributed by atoms with van der Waals surface area (Å²) in [5.74, 6) is -0.629. The second kappa shape index (κ2) is 7.38. The van der Waals surface area contributed by atoms with Gasteiger partial charge in [0.15, 0.2) is 0 Å². The number of nitrogens with zero attached hydrogens (tertiary/aromatic N) is 1. The summed E-state index contributed by atoms with van der Waals surface area (Å²) >= 11 is 0. The van der Waals surface area contributed by atoms with E-state index in [1.165, 1.54) is 12.1 Å². The van der Waals surface area contributed by atoms with Gasteiger partial charge in [-0.2, -0.15) is 0 Å². The van der Waals surface area contributed by atoms with Crippen LogP contribution in [0.5, 0.6) is 0 Å². The Morgan fingerprint density at radius 2 is 2.09 bits per heavy atom. The molecule has 1 aromatic rings. The van der Waals surface area contributed by atoms with Crippen LogP contribution in [-0.2, 0) is 16.1 Å². The fraction of sp³-hybridized carbons (Fsp3) is 0.529. The van der Waals surface area contributed by atoms with E-state index < -0.39 is 0 Å². The maximum absolute atomic E-state index is 12.8. The van der Waals surface area contributed by atoms with Crippen LogP contribution in [0.1, 0.15) is 38.7 Å². The summed E-state index contributed by atoms with van der Waals surface area (Å²) in [7, 11) is 0. The predicted octanol–water partition coefficient (Wildman–Crippen LogP) is 2.48. The molecule has 1 N–H and O–H groups in total. The third-order valence-corrected chi connectivity index (χ3v) is 4.15. The molecule has 120 valence electrons. The summed E-state index contributed by atoms with van der Waals surface area (Å²) in [6, 6.07) is 6.21. The molecule has 2 rings (SSSR count). The van der Waals surface area contributed by atoms with Crippen LogP contribution >= 0.6 is 0 Å². The Bertz CT molecular complexity index is 530. The van der Waals surface area contributed by atoms with Crippen LogP contribution in [0, 0.1) is 11.7 Å². The molecular formula is C17H23FN2O2. The van der Waals surface area contributed by atoms with Gasteiger partial charge in [-0.3, -0.25) is 9.59 Å². The average molecular weight is 306 g/mol. The van der Waals surface area contributed by atoms with E-state index in [0.717, 1.165) is 18.4 Å². The van der Waals surface area contributed by atoms with E-state index in [-0.39, 0.29) is 36.0 Å². The molecule has 0 saturated carbocycles. The lowest BCUT2D eigenvalue weighted by Crippen LogP contribution is -2.36. The largest absolute Gasteiger partial charge is 0.352 e. The predicted molar refractivity (Wildman–Crippen MR) is 82.4 cm³/mol. The van der Waals surface area contributed by atoms with Crippen molar-refractivity contribution in [3.8, 4) is 0 Å². The monoisotopic (exact) mass is 306 g/mol. The van der Waals surface area contributed by atoms with Crippen molar-refractivity contribution in [3.63, 3.8) is 0 Å². The normalized spacial score (nSPS) is 19.3.